The molecule has 1 aromatic carbocycles. The Morgan fingerprint density at radius 3 is 2.55 bits per heavy atom. The molecule has 180 valence electrons. The number of rotatable bonds is 7. The molecule has 8 nitrogen and oxygen atoms in total. The highest BCUT2D eigenvalue weighted by atomic mass is 16.6. The molecule has 0 bridgehead atoms. The largest absolute Gasteiger partial charge is 0.450 e. The first kappa shape index (κ1) is 23.5. The van der Waals surface area contributed by atoms with Crippen LogP contribution in [0, 0.1) is 5.92 Å². The van der Waals surface area contributed by atoms with E-state index in [1.807, 2.05) is 19.1 Å². The normalized spacial score (nSPS) is 17.9. The maximum atomic E-state index is 12.7. The molecule has 2 amide bonds. The monoisotopic (exact) mass is 455 g/mol. The molecule has 0 spiro atoms. The van der Waals surface area contributed by atoms with Crippen molar-refractivity contribution < 1.29 is 14.3 Å². The lowest BCUT2D eigenvalue weighted by molar-refractivity contribution is -0.120. The van der Waals surface area contributed by atoms with Crippen molar-refractivity contribution in [1.29, 1.82) is 0 Å². The van der Waals surface area contributed by atoms with Gasteiger partial charge in [0, 0.05) is 44.3 Å². The molecule has 2 aromatic rings. The van der Waals surface area contributed by atoms with Crippen molar-refractivity contribution in [2.75, 3.05) is 38.1 Å². The minimum absolute atomic E-state index is 0.135. The molecule has 33 heavy (non-hydrogen) atoms. The second-order valence-electron chi connectivity index (χ2n) is 9.17. The van der Waals surface area contributed by atoms with Gasteiger partial charge in [-0.3, -0.25) is 9.69 Å². The third-order valence-electron chi connectivity index (χ3n) is 6.78. The van der Waals surface area contributed by atoms with Crippen molar-refractivity contribution in [2.45, 2.75) is 65.5 Å². The highest BCUT2D eigenvalue weighted by Gasteiger charge is 2.24. The summed E-state index contributed by atoms with van der Waals surface area (Å²) in [6, 6.07) is 6.08. The van der Waals surface area contributed by atoms with E-state index >= 15 is 0 Å². The van der Waals surface area contributed by atoms with Gasteiger partial charge in [-0.1, -0.05) is 26.2 Å². The Kier molecular flexibility index (Phi) is 7.85. The molecule has 1 aliphatic heterocycles. The number of aryl methyl sites for hydroxylation is 1. The zero-order chi connectivity index (χ0) is 23.2. The Labute approximate surface area is 196 Å². The lowest BCUT2D eigenvalue weighted by atomic mass is 9.88. The molecule has 0 radical (unpaired) electrons. The van der Waals surface area contributed by atoms with Crippen LogP contribution in [0.3, 0.4) is 0 Å². The van der Waals surface area contributed by atoms with Gasteiger partial charge in [-0.15, -0.1) is 0 Å². The number of hydrogen-bond donors (Lipinski definition) is 1. The zero-order valence-corrected chi connectivity index (χ0v) is 20.0. The molecule has 2 heterocycles. The number of aromatic nitrogens is 2. The number of hydrogen-bond acceptors (Lipinski definition) is 5. The summed E-state index contributed by atoms with van der Waals surface area (Å²) in [5, 5.41) is 3.12. The van der Waals surface area contributed by atoms with E-state index in [9.17, 15) is 9.59 Å². The van der Waals surface area contributed by atoms with E-state index in [-0.39, 0.29) is 17.9 Å². The maximum absolute atomic E-state index is 12.7. The van der Waals surface area contributed by atoms with Crippen LogP contribution in [0.2, 0.25) is 0 Å². The van der Waals surface area contributed by atoms with Gasteiger partial charge < -0.3 is 19.5 Å². The van der Waals surface area contributed by atoms with Crippen LogP contribution in [0.5, 0.6) is 0 Å². The van der Waals surface area contributed by atoms with E-state index in [1.165, 1.54) is 6.42 Å². The molecule has 8 heteroatoms. The fourth-order valence-electron chi connectivity index (χ4n) is 4.96. The van der Waals surface area contributed by atoms with Crippen molar-refractivity contribution in [3.05, 3.63) is 24.0 Å². The van der Waals surface area contributed by atoms with Crippen LogP contribution < -0.4 is 5.32 Å². The fourth-order valence-corrected chi connectivity index (χ4v) is 4.96. The predicted octanol–water partition coefficient (Wildman–Crippen LogP) is 4.24. The number of anilines is 1. The number of piperazine rings is 1. The van der Waals surface area contributed by atoms with Crippen LogP contribution >= 0.6 is 0 Å². The molecular formula is C25H37N5O3. The minimum Gasteiger partial charge on any atom is -0.450 e. The topological polar surface area (TPSA) is 79.7 Å². The Morgan fingerprint density at radius 2 is 1.85 bits per heavy atom. The number of carbonyl (C=O) groups is 2. The molecule has 1 aliphatic carbocycles. The smallest absolute Gasteiger partial charge is 0.409 e. The van der Waals surface area contributed by atoms with Gasteiger partial charge in [0.2, 0.25) is 5.91 Å². The highest BCUT2D eigenvalue weighted by Crippen LogP contribution is 2.27. The number of nitrogens with one attached hydrogen (secondary N) is 1. The molecule has 1 aromatic heterocycles. The van der Waals surface area contributed by atoms with Gasteiger partial charge in [-0.05, 0) is 44.4 Å². The van der Waals surface area contributed by atoms with Gasteiger partial charge in [0.25, 0.3) is 0 Å². The summed E-state index contributed by atoms with van der Waals surface area (Å²) in [5.74, 6) is 1.31. The van der Waals surface area contributed by atoms with Gasteiger partial charge in [0.05, 0.1) is 24.2 Å². The van der Waals surface area contributed by atoms with E-state index in [1.54, 1.807) is 4.90 Å². The summed E-state index contributed by atoms with van der Waals surface area (Å²) >= 11 is 0. The number of amides is 2. The Bertz CT molecular complexity index is 958. The molecule has 1 saturated carbocycles. The molecule has 0 atom stereocenters. The van der Waals surface area contributed by atoms with Gasteiger partial charge in [0.15, 0.2) is 0 Å². The molecular weight excluding hydrogens is 418 g/mol. The summed E-state index contributed by atoms with van der Waals surface area (Å²) in [5.41, 5.74) is 2.85. The van der Waals surface area contributed by atoms with Gasteiger partial charge in [0.1, 0.15) is 5.82 Å². The fraction of sp³-hybridized carbons (Fsp3) is 0.640. The average Bonchev–Trinajstić information content (AvgIpc) is 3.16. The molecule has 2 aliphatic rings. The highest BCUT2D eigenvalue weighted by molar-refractivity contribution is 5.94. The third kappa shape index (κ3) is 5.66. The first-order valence-electron chi connectivity index (χ1n) is 12.5. The number of fused-ring (bicyclic) bond motifs is 1. The zero-order valence-electron chi connectivity index (χ0n) is 20.0. The first-order chi connectivity index (χ1) is 16.1. The lowest BCUT2D eigenvalue weighted by Crippen LogP contribution is -2.48. The minimum atomic E-state index is -0.224. The van der Waals surface area contributed by atoms with Crippen molar-refractivity contribution >= 4 is 28.7 Å². The molecule has 2 fully saturated rings. The maximum Gasteiger partial charge on any atom is 0.409 e. The number of imidazole rings is 1. The van der Waals surface area contributed by atoms with Crippen LogP contribution in [0.25, 0.3) is 11.0 Å². The average molecular weight is 456 g/mol. The number of benzene rings is 1. The predicted molar refractivity (Wildman–Crippen MR) is 129 cm³/mol. The number of ether oxygens (including phenoxy) is 1. The molecule has 1 saturated heterocycles. The van der Waals surface area contributed by atoms with Crippen LogP contribution in [0.15, 0.2) is 18.2 Å². The van der Waals surface area contributed by atoms with E-state index in [0.29, 0.717) is 19.7 Å². The van der Waals surface area contributed by atoms with Gasteiger partial charge in [-0.25, -0.2) is 9.78 Å². The Morgan fingerprint density at radius 1 is 1.09 bits per heavy atom. The SMILES string of the molecule is CCCn1c(CN2CCN(C(=O)OCC)CC2)nc2cc(NC(=O)C3CCCCC3)ccc21. The van der Waals surface area contributed by atoms with Crippen molar-refractivity contribution in [3.63, 3.8) is 0 Å². The Hall–Kier alpha value is -2.61. The lowest BCUT2D eigenvalue weighted by Gasteiger charge is -2.33. The van der Waals surface area contributed by atoms with Crippen LogP contribution in [-0.2, 0) is 22.6 Å². The quantitative estimate of drug-likeness (QED) is 0.676. The standard InChI is InChI=1S/C25H37N5O3/c1-3-12-30-22-11-10-20(26-24(31)19-8-6-5-7-9-19)17-21(22)27-23(30)18-28-13-15-29(16-14-28)25(32)33-4-2/h10-11,17,19H,3-9,12-16,18H2,1-2H3,(H,26,31). The first-order valence-corrected chi connectivity index (χ1v) is 12.5. The summed E-state index contributed by atoms with van der Waals surface area (Å²) in [7, 11) is 0. The summed E-state index contributed by atoms with van der Waals surface area (Å²) in [4.78, 5) is 33.7. The van der Waals surface area contributed by atoms with Gasteiger partial charge in [-0.2, -0.15) is 0 Å². The number of carbonyl (C=O) groups excluding carboxylic acids is 2. The Balaban J connectivity index is 1.45. The molecule has 0 unspecified atom stereocenters. The van der Waals surface area contributed by atoms with Gasteiger partial charge >= 0.3 is 6.09 Å². The molecule has 1 N–H and O–H groups in total. The van der Waals surface area contributed by atoms with Crippen molar-refractivity contribution in [2.24, 2.45) is 5.92 Å². The van der Waals surface area contributed by atoms with Crippen molar-refractivity contribution in [3.8, 4) is 0 Å². The third-order valence-corrected chi connectivity index (χ3v) is 6.78. The van der Waals surface area contributed by atoms with Crippen LogP contribution in [-0.4, -0.2) is 64.1 Å². The second-order valence-corrected chi connectivity index (χ2v) is 9.17. The molecule has 4 rings (SSSR count). The number of nitrogens with zero attached hydrogens (tertiary/aromatic N) is 4. The van der Waals surface area contributed by atoms with E-state index in [0.717, 1.165) is 80.8 Å². The van der Waals surface area contributed by atoms with E-state index in [2.05, 4.69) is 27.8 Å². The summed E-state index contributed by atoms with van der Waals surface area (Å²) < 4.78 is 7.42. The van der Waals surface area contributed by atoms with Crippen molar-refractivity contribution in [1.82, 2.24) is 19.4 Å². The summed E-state index contributed by atoms with van der Waals surface area (Å²) in [6.07, 6.45) is 6.32. The van der Waals surface area contributed by atoms with E-state index < -0.39 is 0 Å². The summed E-state index contributed by atoms with van der Waals surface area (Å²) in [6.45, 7) is 9.01. The van der Waals surface area contributed by atoms with Crippen LogP contribution in [0.1, 0.15) is 58.2 Å². The van der Waals surface area contributed by atoms with E-state index in [4.69, 9.17) is 9.72 Å². The van der Waals surface area contributed by atoms with Crippen LogP contribution in [0.4, 0.5) is 10.5 Å². The second kappa shape index (κ2) is 11.0.